The minimum Gasteiger partial charge on any atom is -0.487 e. The van der Waals surface area contributed by atoms with E-state index in [-0.39, 0.29) is 11.3 Å². The Morgan fingerprint density at radius 1 is 1.10 bits per heavy atom. The number of anilines is 1. The Labute approximate surface area is 184 Å². The van der Waals surface area contributed by atoms with Crippen LogP contribution in [0.4, 0.5) is 5.69 Å². The Morgan fingerprint density at radius 2 is 1.90 bits per heavy atom. The summed E-state index contributed by atoms with van der Waals surface area (Å²) in [5, 5.41) is 3.08. The highest BCUT2D eigenvalue weighted by Crippen LogP contribution is 2.60. The van der Waals surface area contributed by atoms with Crippen LogP contribution in [0.25, 0.3) is 0 Å². The van der Waals surface area contributed by atoms with Gasteiger partial charge in [0.25, 0.3) is 0 Å². The molecule has 0 unspecified atom stereocenters. The third-order valence-corrected chi connectivity index (χ3v) is 8.12. The van der Waals surface area contributed by atoms with E-state index in [4.69, 9.17) is 4.74 Å². The van der Waals surface area contributed by atoms with E-state index < -0.39 is 0 Å². The maximum absolute atomic E-state index is 12.6. The van der Waals surface area contributed by atoms with Crippen LogP contribution in [0.15, 0.2) is 42.5 Å². The van der Waals surface area contributed by atoms with Gasteiger partial charge < -0.3 is 10.1 Å². The maximum atomic E-state index is 12.6. The van der Waals surface area contributed by atoms with E-state index >= 15 is 0 Å². The zero-order chi connectivity index (χ0) is 21.6. The molecule has 4 heteroatoms. The van der Waals surface area contributed by atoms with Crippen LogP contribution in [0.2, 0.25) is 0 Å². The summed E-state index contributed by atoms with van der Waals surface area (Å²) >= 11 is 0. The number of fused-ring (bicyclic) bond motifs is 5. The molecule has 3 aliphatic rings. The van der Waals surface area contributed by atoms with E-state index in [2.05, 4.69) is 18.3 Å². The van der Waals surface area contributed by atoms with Crippen LogP contribution in [-0.2, 0) is 22.6 Å². The van der Waals surface area contributed by atoms with Gasteiger partial charge in [0.15, 0.2) is 0 Å². The lowest BCUT2D eigenvalue weighted by Gasteiger charge is -2.48. The fourth-order valence-corrected chi connectivity index (χ4v) is 6.59. The van der Waals surface area contributed by atoms with Crippen LogP contribution >= 0.6 is 0 Å². The Hall–Kier alpha value is -2.62. The normalized spacial score (nSPS) is 29.0. The lowest BCUT2D eigenvalue weighted by atomic mass is 9.55. The van der Waals surface area contributed by atoms with Crippen LogP contribution in [0.3, 0.4) is 0 Å². The number of hydrogen-bond acceptors (Lipinski definition) is 3. The first-order valence-corrected chi connectivity index (χ1v) is 11.6. The number of carbonyl (C=O) groups excluding carboxylic acids is 2. The van der Waals surface area contributed by atoms with Gasteiger partial charge in [-0.2, -0.15) is 0 Å². The van der Waals surface area contributed by atoms with Crippen molar-refractivity contribution in [3.8, 4) is 5.75 Å². The molecular formula is C27H31NO3. The second kappa shape index (κ2) is 7.81. The fourth-order valence-electron chi connectivity index (χ4n) is 6.59. The zero-order valence-electron chi connectivity index (χ0n) is 18.4. The van der Waals surface area contributed by atoms with Crippen LogP contribution < -0.4 is 10.1 Å². The Bertz CT molecular complexity index is 1010. The summed E-state index contributed by atoms with van der Waals surface area (Å²) in [6.07, 6.45) is 5.84. The Balaban J connectivity index is 1.46. The molecule has 2 fully saturated rings. The molecule has 0 heterocycles. The van der Waals surface area contributed by atoms with Gasteiger partial charge in [-0.3, -0.25) is 9.59 Å². The van der Waals surface area contributed by atoms with Gasteiger partial charge in [0.1, 0.15) is 18.1 Å². The standard InChI is InChI=1S/C27H31NO3/c1-17(29)28-26-22-9-8-21-20(14-15-27(2)23(21)11-13-25(27)30)19(22)10-12-24(26)31-16-18-6-4-3-5-7-18/h3-7,10,12,20-21,23H,8-9,11,13-16H2,1-2H3,(H,28,29)/t20-,21-,23+,27+/m1/s1. The smallest absolute Gasteiger partial charge is 0.221 e. The van der Waals surface area contributed by atoms with Gasteiger partial charge in [0.2, 0.25) is 5.91 Å². The van der Waals surface area contributed by atoms with Gasteiger partial charge in [-0.25, -0.2) is 0 Å². The summed E-state index contributed by atoms with van der Waals surface area (Å²) in [6, 6.07) is 14.3. The number of benzene rings is 2. The van der Waals surface area contributed by atoms with Crippen LogP contribution in [0.5, 0.6) is 5.75 Å². The molecule has 0 aliphatic heterocycles. The summed E-state index contributed by atoms with van der Waals surface area (Å²) in [6.45, 7) is 4.24. The highest BCUT2D eigenvalue weighted by molar-refractivity contribution is 5.92. The fraction of sp³-hybridized carbons (Fsp3) is 0.481. The third kappa shape index (κ3) is 3.46. The van der Waals surface area contributed by atoms with Crippen molar-refractivity contribution in [2.45, 2.75) is 64.9 Å². The van der Waals surface area contributed by atoms with Gasteiger partial charge in [-0.1, -0.05) is 43.3 Å². The summed E-state index contributed by atoms with van der Waals surface area (Å²) < 4.78 is 6.17. The lowest BCUT2D eigenvalue weighted by molar-refractivity contribution is -0.129. The highest BCUT2D eigenvalue weighted by atomic mass is 16.5. The minimum absolute atomic E-state index is 0.0716. The molecule has 4 atom stereocenters. The molecule has 2 aromatic rings. The van der Waals surface area contributed by atoms with Crippen molar-refractivity contribution in [3.05, 3.63) is 59.2 Å². The molecule has 0 aromatic heterocycles. The first kappa shape index (κ1) is 20.3. The SMILES string of the molecule is CC(=O)Nc1c(OCc2ccccc2)ccc2c1CC[C@@H]1[C@@H]2CC[C@]2(C)C(=O)CC[C@@H]12. The van der Waals surface area contributed by atoms with Gasteiger partial charge in [-0.05, 0) is 72.6 Å². The van der Waals surface area contributed by atoms with Gasteiger partial charge in [-0.15, -0.1) is 0 Å². The summed E-state index contributed by atoms with van der Waals surface area (Å²) in [5.41, 5.74) is 4.42. The van der Waals surface area contributed by atoms with Crippen LogP contribution in [0.1, 0.15) is 68.6 Å². The Morgan fingerprint density at radius 3 is 2.68 bits per heavy atom. The van der Waals surface area contributed by atoms with Crippen molar-refractivity contribution in [1.29, 1.82) is 0 Å². The van der Waals surface area contributed by atoms with Crippen molar-refractivity contribution in [2.24, 2.45) is 17.3 Å². The van der Waals surface area contributed by atoms with E-state index in [0.717, 1.165) is 55.5 Å². The van der Waals surface area contributed by atoms with Crippen molar-refractivity contribution in [2.75, 3.05) is 5.32 Å². The average molecular weight is 418 g/mol. The number of ketones is 1. The molecule has 2 saturated carbocycles. The average Bonchev–Trinajstić information content (AvgIpc) is 3.08. The predicted octanol–water partition coefficient (Wildman–Crippen LogP) is 5.65. The van der Waals surface area contributed by atoms with Crippen molar-refractivity contribution >= 4 is 17.4 Å². The number of rotatable bonds is 4. The quantitative estimate of drug-likeness (QED) is 0.699. The van der Waals surface area contributed by atoms with Gasteiger partial charge >= 0.3 is 0 Å². The van der Waals surface area contributed by atoms with Crippen molar-refractivity contribution in [3.63, 3.8) is 0 Å². The molecule has 4 nitrogen and oxygen atoms in total. The molecule has 0 saturated heterocycles. The summed E-state index contributed by atoms with van der Waals surface area (Å²) in [5.74, 6) is 2.70. The van der Waals surface area contributed by atoms with Gasteiger partial charge in [0.05, 0.1) is 5.69 Å². The topological polar surface area (TPSA) is 55.4 Å². The second-order valence-electron chi connectivity index (χ2n) is 9.80. The number of hydrogen-bond donors (Lipinski definition) is 1. The first-order valence-electron chi connectivity index (χ1n) is 11.6. The molecule has 162 valence electrons. The molecule has 0 spiro atoms. The first-order chi connectivity index (χ1) is 15.0. The molecule has 2 aromatic carbocycles. The van der Waals surface area contributed by atoms with E-state index in [1.165, 1.54) is 11.1 Å². The summed E-state index contributed by atoms with van der Waals surface area (Å²) in [7, 11) is 0. The lowest BCUT2D eigenvalue weighted by Crippen LogP contribution is -2.42. The van der Waals surface area contributed by atoms with Crippen LogP contribution in [-0.4, -0.2) is 11.7 Å². The predicted molar refractivity (Wildman–Crippen MR) is 121 cm³/mol. The molecule has 1 amide bonds. The number of ether oxygens (including phenoxy) is 1. The largest absolute Gasteiger partial charge is 0.487 e. The van der Waals surface area contributed by atoms with E-state index in [1.807, 2.05) is 36.4 Å². The van der Waals surface area contributed by atoms with E-state index in [1.54, 1.807) is 6.92 Å². The molecule has 5 rings (SSSR count). The number of Topliss-reactive ketones (excluding diaryl/α,β-unsaturated/α-hetero) is 1. The van der Waals surface area contributed by atoms with E-state index in [0.29, 0.717) is 30.1 Å². The number of nitrogens with one attached hydrogen (secondary N) is 1. The highest BCUT2D eigenvalue weighted by Gasteiger charge is 2.54. The third-order valence-electron chi connectivity index (χ3n) is 8.12. The van der Waals surface area contributed by atoms with E-state index in [9.17, 15) is 9.59 Å². The number of carbonyl (C=O) groups is 2. The monoisotopic (exact) mass is 417 g/mol. The molecular weight excluding hydrogens is 386 g/mol. The number of amides is 1. The molecule has 31 heavy (non-hydrogen) atoms. The van der Waals surface area contributed by atoms with Crippen LogP contribution in [0, 0.1) is 17.3 Å². The molecule has 3 aliphatic carbocycles. The maximum Gasteiger partial charge on any atom is 0.221 e. The van der Waals surface area contributed by atoms with Crippen molar-refractivity contribution < 1.29 is 14.3 Å². The van der Waals surface area contributed by atoms with Gasteiger partial charge in [0, 0.05) is 18.8 Å². The molecule has 0 radical (unpaired) electrons. The molecule has 0 bridgehead atoms. The summed E-state index contributed by atoms with van der Waals surface area (Å²) in [4.78, 5) is 24.6. The Kier molecular flexibility index (Phi) is 5.11. The van der Waals surface area contributed by atoms with Crippen molar-refractivity contribution in [1.82, 2.24) is 0 Å². The second-order valence-corrected chi connectivity index (χ2v) is 9.80. The molecule has 1 N–H and O–H groups in total. The minimum atomic E-state index is -0.113. The zero-order valence-corrected chi connectivity index (χ0v) is 18.4.